The molecule has 1 aliphatic heterocycles. The zero-order valence-corrected chi connectivity index (χ0v) is 12.4. The minimum Gasteiger partial charge on any atom is -0.463 e. The summed E-state index contributed by atoms with van der Waals surface area (Å²) in [5.74, 6) is -0.340. The topological polar surface area (TPSA) is 55.8 Å². The van der Waals surface area contributed by atoms with E-state index in [9.17, 15) is 9.59 Å². The van der Waals surface area contributed by atoms with Crippen LogP contribution in [0.2, 0.25) is 0 Å². The van der Waals surface area contributed by atoms with Crippen LogP contribution in [0.25, 0.3) is 0 Å². The van der Waals surface area contributed by atoms with Crippen LogP contribution in [0.5, 0.6) is 0 Å². The van der Waals surface area contributed by atoms with Gasteiger partial charge in [-0.05, 0) is 41.0 Å². The van der Waals surface area contributed by atoms with E-state index in [-0.39, 0.29) is 18.6 Å². The fraction of sp³-hybridized carbons (Fsp3) is 0.714. The molecule has 0 atom stereocenters. The summed E-state index contributed by atoms with van der Waals surface area (Å²) >= 11 is 0. The Morgan fingerprint density at radius 2 is 1.95 bits per heavy atom. The van der Waals surface area contributed by atoms with Crippen LogP contribution in [0.1, 0.15) is 41.0 Å². The first-order valence-electron chi connectivity index (χ1n) is 6.58. The fourth-order valence-corrected chi connectivity index (χ4v) is 1.80. The average Bonchev–Trinajstić information content (AvgIpc) is 2.27. The number of amides is 1. The Morgan fingerprint density at radius 3 is 2.47 bits per heavy atom. The zero-order valence-electron chi connectivity index (χ0n) is 12.4. The van der Waals surface area contributed by atoms with Gasteiger partial charge in [0.2, 0.25) is 0 Å². The molecular weight excluding hydrogens is 246 g/mol. The van der Waals surface area contributed by atoms with Crippen LogP contribution in [-0.2, 0) is 14.3 Å². The second-order valence-electron chi connectivity index (χ2n) is 5.63. The number of ether oxygens (including phenoxy) is 2. The highest BCUT2D eigenvalue weighted by molar-refractivity contribution is 5.90. The summed E-state index contributed by atoms with van der Waals surface area (Å²) in [6, 6.07) is 0. The lowest BCUT2D eigenvalue weighted by Crippen LogP contribution is -2.42. The highest BCUT2D eigenvalue weighted by Gasteiger charge is 2.28. The van der Waals surface area contributed by atoms with E-state index >= 15 is 0 Å². The summed E-state index contributed by atoms with van der Waals surface area (Å²) in [6.07, 6.45) is 0.287. The van der Waals surface area contributed by atoms with Crippen LogP contribution in [0, 0.1) is 0 Å². The molecule has 108 valence electrons. The number of esters is 1. The molecule has 0 bridgehead atoms. The quantitative estimate of drug-likeness (QED) is 0.723. The van der Waals surface area contributed by atoms with Crippen molar-refractivity contribution >= 4 is 12.1 Å². The van der Waals surface area contributed by atoms with Gasteiger partial charge in [0.25, 0.3) is 0 Å². The molecule has 0 aromatic rings. The van der Waals surface area contributed by atoms with Gasteiger partial charge in [0.15, 0.2) is 0 Å². The van der Waals surface area contributed by atoms with Crippen molar-refractivity contribution < 1.29 is 19.1 Å². The maximum Gasteiger partial charge on any atom is 0.410 e. The standard InChI is InChI=1S/C14H23NO4/c1-6-18-12(16)11-9-15(8-7-10(11)2)13(17)19-14(3,4)5/h6-9H2,1-5H3. The van der Waals surface area contributed by atoms with E-state index in [1.165, 1.54) is 0 Å². The number of carbonyl (C=O) groups is 2. The number of hydrogen-bond acceptors (Lipinski definition) is 4. The summed E-state index contributed by atoms with van der Waals surface area (Å²) in [5, 5.41) is 0. The van der Waals surface area contributed by atoms with Crippen molar-refractivity contribution in [2.45, 2.75) is 46.6 Å². The van der Waals surface area contributed by atoms with Gasteiger partial charge in [0, 0.05) is 6.54 Å². The SMILES string of the molecule is CCOC(=O)C1=C(C)CCN(C(=O)OC(C)(C)C)C1. The molecule has 0 radical (unpaired) electrons. The lowest BCUT2D eigenvalue weighted by atomic mass is 10.0. The van der Waals surface area contributed by atoms with Crippen molar-refractivity contribution in [1.82, 2.24) is 4.90 Å². The summed E-state index contributed by atoms with van der Waals surface area (Å²) in [4.78, 5) is 25.3. The Bertz CT molecular complexity index is 393. The molecule has 0 aliphatic carbocycles. The smallest absolute Gasteiger partial charge is 0.410 e. The van der Waals surface area contributed by atoms with E-state index in [1.807, 2.05) is 27.7 Å². The van der Waals surface area contributed by atoms with Gasteiger partial charge in [0.1, 0.15) is 5.60 Å². The third-order valence-electron chi connectivity index (χ3n) is 2.79. The lowest BCUT2D eigenvalue weighted by Gasteiger charge is -2.31. The van der Waals surface area contributed by atoms with Gasteiger partial charge in [-0.25, -0.2) is 9.59 Å². The molecule has 19 heavy (non-hydrogen) atoms. The predicted octanol–water partition coefficient (Wildman–Crippen LogP) is 2.51. The van der Waals surface area contributed by atoms with Crippen molar-refractivity contribution in [3.05, 3.63) is 11.1 Å². The Balaban J connectivity index is 2.73. The van der Waals surface area contributed by atoms with Crippen LogP contribution in [-0.4, -0.2) is 42.3 Å². The summed E-state index contributed by atoms with van der Waals surface area (Å²) in [6.45, 7) is 10.3. The number of nitrogens with zero attached hydrogens (tertiary/aromatic N) is 1. The Morgan fingerprint density at radius 1 is 1.32 bits per heavy atom. The Hall–Kier alpha value is -1.52. The molecule has 0 unspecified atom stereocenters. The predicted molar refractivity (Wildman–Crippen MR) is 71.8 cm³/mol. The van der Waals surface area contributed by atoms with Gasteiger partial charge < -0.3 is 14.4 Å². The maximum atomic E-state index is 12.0. The van der Waals surface area contributed by atoms with Crippen molar-refractivity contribution in [1.29, 1.82) is 0 Å². The van der Waals surface area contributed by atoms with E-state index in [4.69, 9.17) is 9.47 Å². The summed E-state index contributed by atoms with van der Waals surface area (Å²) in [7, 11) is 0. The molecule has 0 aromatic heterocycles. The van der Waals surface area contributed by atoms with Crippen molar-refractivity contribution in [3.63, 3.8) is 0 Å². The van der Waals surface area contributed by atoms with Crippen molar-refractivity contribution in [3.8, 4) is 0 Å². The van der Waals surface area contributed by atoms with Gasteiger partial charge in [0.05, 0.1) is 18.7 Å². The largest absolute Gasteiger partial charge is 0.463 e. The van der Waals surface area contributed by atoms with Gasteiger partial charge >= 0.3 is 12.1 Å². The fourth-order valence-electron chi connectivity index (χ4n) is 1.80. The molecular formula is C14H23NO4. The lowest BCUT2D eigenvalue weighted by molar-refractivity contribution is -0.138. The van der Waals surface area contributed by atoms with Gasteiger partial charge in [-0.1, -0.05) is 5.57 Å². The van der Waals surface area contributed by atoms with Gasteiger partial charge in [-0.3, -0.25) is 0 Å². The van der Waals surface area contributed by atoms with E-state index in [1.54, 1.807) is 11.8 Å². The number of carbonyl (C=O) groups excluding carboxylic acids is 2. The molecule has 0 fully saturated rings. The Labute approximate surface area is 114 Å². The maximum absolute atomic E-state index is 12.0. The highest BCUT2D eigenvalue weighted by atomic mass is 16.6. The first-order chi connectivity index (χ1) is 8.74. The van der Waals surface area contributed by atoms with E-state index in [2.05, 4.69) is 0 Å². The van der Waals surface area contributed by atoms with Gasteiger partial charge in [-0.15, -0.1) is 0 Å². The van der Waals surface area contributed by atoms with E-state index < -0.39 is 5.60 Å². The molecule has 1 rings (SSSR count). The first-order valence-corrected chi connectivity index (χ1v) is 6.58. The van der Waals surface area contributed by atoms with E-state index in [0.717, 1.165) is 5.57 Å². The average molecular weight is 269 g/mol. The van der Waals surface area contributed by atoms with Crippen LogP contribution < -0.4 is 0 Å². The van der Waals surface area contributed by atoms with Crippen LogP contribution in [0.3, 0.4) is 0 Å². The molecule has 0 saturated heterocycles. The first kappa shape index (κ1) is 15.5. The minimum absolute atomic E-state index is 0.263. The highest BCUT2D eigenvalue weighted by Crippen LogP contribution is 2.20. The second kappa shape index (κ2) is 6.08. The molecule has 0 spiro atoms. The molecule has 0 saturated carbocycles. The number of hydrogen-bond donors (Lipinski definition) is 0. The normalized spacial score (nSPS) is 16.4. The molecule has 0 N–H and O–H groups in total. The van der Waals surface area contributed by atoms with Crippen LogP contribution >= 0.6 is 0 Å². The summed E-state index contributed by atoms with van der Waals surface area (Å²) in [5.41, 5.74) is 1.02. The molecule has 0 aromatic carbocycles. The minimum atomic E-state index is -0.530. The van der Waals surface area contributed by atoms with Crippen molar-refractivity contribution in [2.24, 2.45) is 0 Å². The zero-order chi connectivity index (χ0) is 14.6. The molecule has 5 heteroatoms. The Kier molecular flexibility index (Phi) is 4.97. The number of rotatable bonds is 2. The molecule has 5 nitrogen and oxygen atoms in total. The monoisotopic (exact) mass is 269 g/mol. The molecule has 1 aliphatic rings. The van der Waals surface area contributed by atoms with Crippen molar-refractivity contribution in [2.75, 3.05) is 19.7 Å². The third kappa shape index (κ3) is 4.58. The second-order valence-corrected chi connectivity index (χ2v) is 5.63. The third-order valence-corrected chi connectivity index (χ3v) is 2.79. The van der Waals surface area contributed by atoms with Crippen LogP contribution in [0.4, 0.5) is 4.79 Å². The van der Waals surface area contributed by atoms with Gasteiger partial charge in [-0.2, -0.15) is 0 Å². The van der Waals surface area contributed by atoms with Crippen LogP contribution in [0.15, 0.2) is 11.1 Å². The summed E-state index contributed by atoms with van der Waals surface area (Å²) < 4.78 is 10.3. The molecule has 1 heterocycles. The molecule has 1 amide bonds. The van der Waals surface area contributed by atoms with E-state index in [0.29, 0.717) is 25.1 Å².